The molecule has 7 nitrogen and oxygen atoms in total. The lowest BCUT2D eigenvalue weighted by Gasteiger charge is -2.35. The third-order valence-corrected chi connectivity index (χ3v) is 6.94. The van der Waals surface area contributed by atoms with Crippen LogP contribution in [-0.2, 0) is 22.7 Å². The van der Waals surface area contributed by atoms with Crippen LogP contribution in [0.3, 0.4) is 0 Å². The third-order valence-electron chi connectivity index (χ3n) is 6.94. The molecule has 3 aliphatic heterocycles. The second-order valence-corrected chi connectivity index (χ2v) is 8.72. The molecule has 148 valence electrons. The van der Waals surface area contributed by atoms with Gasteiger partial charge in [-0.3, -0.25) is 19.7 Å². The van der Waals surface area contributed by atoms with Gasteiger partial charge < -0.3 is 15.5 Å². The number of carbonyl (C=O) groups excluding carboxylic acids is 3. The van der Waals surface area contributed by atoms with Crippen molar-refractivity contribution >= 4 is 17.7 Å². The van der Waals surface area contributed by atoms with Gasteiger partial charge in [0.25, 0.3) is 5.91 Å². The minimum atomic E-state index is -0.560. The first-order chi connectivity index (χ1) is 13.5. The highest BCUT2D eigenvalue weighted by molar-refractivity contribution is 6.05. The summed E-state index contributed by atoms with van der Waals surface area (Å²) in [7, 11) is 0. The fraction of sp³-hybridized carbons (Fsp3) is 0.571. The largest absolute Gasteiger partial charge is 0.322 e. The standard InChI is InChI=1S/C21H26N4O3/c26-18-5-4-17(19(27)24-18)25-11-16-14(2-1-3-15(16)20(25)28)10-23-21-7-6-13(8-21)9-22-12-21/h1-3,13,17,22-23H,4-12H2,(H,24,26,27). The lowest BCUT2D eigenvalue weighted by molar-refractivity contribution is -0.136. The van der Waals surface area contributed by atoms with Crippen LogP contribution in [0.2, 0.25) is 0 Å². The van der Waals surface area contributed by atoms with Gasteiger partial charge >= 0.3 is 0 Å². The molecule has 3 fully saturated rings. The van der Waals surface area contributed by atoms with Crippen LogP contribution in [0.4, 0.5) is 0 Å². The Hall–Kier alpha value is -2.25. The topological polar surface area (TPSA) is 90.5 Å². The van der Waals surface area contributed by atoms with Crippen molar-refractivity contribution in [2.75, 3.05) is 13.1 Å². The Balaban J connectivity index is 1.33. The molecule has 28 heavy (non-hydrogen) atoms. The van der Waals surface area contributed by atoms with E-state index in [2.05, 4.69) is 22.0 Å². The van der Waals surface area contributed by atoms with Crippen molar-refractivity contribution in [3.8, 4) is 0 Å². The lowest BCUT2D eigenvalue weighted by Crippen LogP contribution is -2.53. The normalized spacial score (nSPS) is 31.9. The van der Waals surface area contributed by atoms with E-state index in [1.807, 2.05) is 12.1 Å². The molecule has 0 spiro atoms. The van der Waals surface area contributed by atoms with E-state index in [4.69, 9.17) is 0 Å². The minimum absolute atomic E-state index is 0.107. The molecule has 7 heteroatoms. The van der Waals surface area contributed by atoms with Crippen LogP contribution in [-0.4, -0.2) is 47.3 Å². The van der Waals surface area contributed by atoms with Crippen LogP contribution >= 0.6 is 0 Å². The van der Waals surface area contributed by atoms with E-state index in [1.165, 1.54) is 19.3 Å². The van der Waals surface area contributed by atoms with Gasteiger partial charge in [0, 0.05) is 37.2 Å². The Morgan fingerprint density at radius 2 is 2.11 bits per heavy atom. The summed E-state index contributed by atoms with van der Waals surface area (Å²) in [5.74, 6) is 0.0452. The predicted molar refractivity (Wildman–Crippen MR) is 102 cm³/mol. The molecular formula is C21H26N4O3. The minimum Gasteiger partial charge on any atom is -0.322 e. The Morgan fingerprint density at radius 3 is 2.96 bits per heavy atom. The molecule has 4 aliphatic rings. The number of nitrogens with one attached hydrogen (secondary N) is 3. The van der Waals surface area contributed by atoms with Crippen molar-refractivity contribution in [2.45, 2.75) is 56.8 Å². The summed E-state index contributed by atoms with van der Waals surface area (Å²) in [4.78, 5) is 38.2. The molecule has 1 saturated carbocycles. The average Bonchev–Trinajstić information content (AvgIpc) is 3.17. The zero-order chi connectivity index (χ0) is 19.3. The second-order valence-electron chi connectivity index (χ2n) is 8.72. The van der Waals surface area contributed by atoms with E-state index >= 15 is 0 Å². The van der Waals surface area contributed by atoms with E-state index in [0.29, 0.717) is 18.5 Å². The van der Waals surface area contributed by atoms with Crippen LogP contribution in [0.5, 0.6) is 0 Å². The number of fused-ring (bicyclic) bond motifs is 3. The van der Waals surface area contributed by atoms with Gasteiger partial charge in [-0.25, -0.2) is 0 Å². The maximum absolute atomic E-state index is 12.9. The molecule has 0 radical (unpaired) electrons. The number of nitrogens with zero attached hydrogens (tertiary/aromatic N) is 1. The fourth-order valence-electron chi connectivity index (χ4n) is 5.41. The quantitative estimate of drug-likeness (QED) is 0.667. The van der Waals surface area contributed by atoms with Crippen LogP contribution in [0.15, 0.2) is 18.2 Å². The van der Waals surface area contributed by atoms with Gasteiger partial charge in [-0.1, -0.05) is 12.1 Å². The molecule has 2 bridgehead atoms. The SMILES string of the molecule is O=C1CCC(N2Cc3c(CNC45CCC(CNC4)C5)cccc3C2=O)C(=O)N1. The van der Waals surface area contributed by atoms with E-state index in [1.54, 1.807) is 4.90 Å². The van der Waals surface area contributed by atoms with Gasteiger partial charge in [0.1, 0.15) is 6.04 Å². The molecule has 3 N–H and O–H groups in total. The highest BCUT2D eigenvalue weighted by atomic mass is 16.2. The van der Waals surface area contributed by atoms with Gasteiger partial charge in [0.05, 0.1) is 0 Å². The molecule has 3 unspecified atom stereocenters. The molecule has 1 aromatic rings. The van der Waals surface area contributed by atoms with Crippen LogP contribution in [0, 0.1) is 5.92 Å². The number of hydrogen-bond donors (Lipinski definition) is 3. The van der Waals surface area contributed by atoms with Crippen molar-refractivity contribution in [2.24, 2.45) is 5.92 Å². The van der Waals surface area contributed by atoms with E-state index in [0.717, 1.165) is 36.7 Å². The first-order valence-electron chi connectivity index (χ1n) is 10.3. The fourth-order valence-corrected chi connectivity index (χ4v) is 5.41. The van der Waals surface area contributed by atoms with Gasteiger partial charge in [-0.2, -0.15) is 0 Å². The number of amides is 3. The van der Waals surface area contributed by atoms with E-state index < -0.39 is 6.04 Å². The summed E-state index contributed by atoms with van der Waals surface area (Å²) in [6.45, 7) is 3.29. The predicted octanol–water partition coefficient (Wildman–Crippen LogP) is 0.679. The first-order valence-corrected chi connectivity index (χ1v) is 10.3. The summed E-state index contributed by atoms with van der Waals surface area (Å²) in [6.07, 6.45) is 4.36. The first kappa shape index (κ1) is 17.8. The van der Waals surface area contributed by atoms with Crippen LogP contribution < -0.4 is 16.0 Å². The second kappa shape index (κ2) is 6.67. The molecule has 1 aromatic carbocycles. The Morgan fingerprint density at radius 1 is 1.21 bits per heavy atom. The van der Waals surface area contributed by atoms with Crippen molar-refractivity contribution in [3.63, 3.8) is 0 Å². The number of benzene rings is 1. The summed E-state index contributed by atoms with van der Waals surface area (Å²) < 4.78 is 0. The Bertz CT molecular complexity index is 850. The zero-order valence-electron chi connectivity index (χ0n) is 15.9. The Labute approximate surface area is 164 Å². The number of imide groups is 1. The van der Waals surface area contributed by atoms with Crippen molar-refractivity contribution < 1.29 is 14.4 Å². The van der Waals surface area contributed by atoms with Gasteiger partial charge in [0.15, 0.2) is 0 Å². The van der Waals surface area contributed by atoms with Gasteiger partial charge in [-0.15, -0.1) is 0 Å². The molecule has 3 atom stereocenters. The van der Waals surface area contributed by atoms with Crippen molar-refractivity contribution in [3.05, 3.63) is 34.9 Å². The molecule has 5 rings (SSSR count). The highest BCUT2D eigenvalue weighted by Gasteiger charge is 2.42. The van der Waals surface area contributed by atoms with Gasteiger partial charge in [0.2, 0.25) is 11.8 Å². The maximum atomic E-state index is 12.9. The van der Waals surface area contributed by atoms with Crippen molar-refractivity contribution in [1.82, 2.24) is 20.9 Å². The van der Waals surface area contributed by atoms with E-state index in [-0.39, 0.29) is 29.7 Å². The van der Waals surface area contributed by atoms with Crippen LogP contribution in [0.1, 0.15) is 53.6 Å². The van der Waals surface area contributed by atoms with E-state index in [9.17, 15) is 14.4 Å². The molecule has 2 saturated heterocycles. The highest BCUT2D eigenvalue weighted by Crippen LogP contribution is 2.37. The smallest absolute Gasteiger partial charge is 0.255 e. The molecule has 3 amide bonds. The summed E-state index contributed by atoms with van der Waals surface area (Å²) >= 11 is 0. The summed E-state index contributed by atoms with van der Waals surface area (Å²) in [5.41, 5.74) is 2.99. The summed E-state index contributed by atoms with van der Waals surface area (Å²) in [6, 6.07) is 5.29. The number of piperidine rings is 2. The zero-order valence-corrected chi connectivity index (χ0v) is 15.9. The molecule has 0 aromatic heterocycles. The van der Waals surface area contributed by atoms with Crippen LogP contribution in [0.25, 0.3) is 0 Å². The third kappa shape index (κ3) is 2.93. The number of carbonyl (C=O) groups is 3. The molecule has 3 heterocycles. The Kier molecular flexibility index (Phi) is 4.25. The van der Waals surface area contributed by atoms with Gasteiger partial charge in [-0.05, 0) is 55.3 Å². The number of rotatable bonds is 4. The number of hydrogen-bond acceptors (Lipinski definition) is 5. The monoisotopic (exact) mass is 382 g/mol. The maximum Gasteiger partial charge on any atom is 0.255 e. The average molecular weight is 382 g/mol. The molecule has 1 aliphatic carbocycles. The van der Waals surface area contributed by atoms with Crippen molar-refractivity contribution in [1.29, 1.82) is 0 Å². The summed E-state index contributed by atoms with van der Waals surface area (Å²) in [5, 5.41) is 9.69. The lowest BCUT2D eigenvalue weighted by atomic mass is 9.91. The molecular weight excluding hydrogens is 356 g/mol.